The third-order valence-electron chi connectivity index (χ3n) is 2.45. The van der Waals surface area contributed by atoms with Crippen LogP contribution in [0.1, 0.15) is 6.92 Å². The Balaban J connectivity index is 2.06. The Labute approximate surface area is 67.8 Å². The third kappa shape index (κ3) is 0.563. The summed E-state index contributed by atoms with van der Waals surface area (Å²) in [4.78, 5) is 3.35. The second kappa shape index (κ2) is 1.36. The summed E-state index contributed by atoms with van der Waals surface area (Å²) in [6.45, 7) is 2.51. The first kappa shape index (κ1) is 5.43. The van der Waals surface area contributed by atoms with Crippen molar-refractivity contribution in [3.8, 4) is 0 Å². The van der Waals surface area contributed by atoms with E-state index >= 15 is 0 Å². The van der Waals surface area contributed by atoms with Gasteiger partial charge in [-0.3, -0.25) is 0 Å². The SMILES string of the molecule is CC12[Se]C1C=CC1[Se]C12. The Morgan fingerprint density at radius 1 is 1.44 bits per heavy atom. The predicted molar refractivity (Wildman–Crippen MR) is 40.3 cm³/mol. The van der Waals surface area contributed by atoms with Gasteiger partial charge in [0.15, 0.2) is 0 Å². The van der Waals surface area contributed by atoms with Crippen LogP contribution in [0.3, 0.4) is 0 Å². The molecule has 4 atom stereocenters. The van der Waals surface area contributed by atoms with Crippen LogP contribution in [-0.4, -0.2) is 29.9 Å². The summed E-state index contributed by atoms with van der Waals surface area (Å²) in [5.41, 5.74) is 0. The van der Waals surface area contributed by atoms with Crippen molar-refractivity contribution >= 4 is 29.9 Å². The summed E-state index contributed by atoms with van der Waals surface area (Å²) < 4.78 is 0.881. The van der Waals surface area contributed by atoms with Crippen LogP contribution in [0.25, 0.3) is 0 Å². The van der Waals surface area contributed by atoms with Gasteiger partial charge < -0.3 is 0 Å². The van der Waals surface area contributed by atoms with Crippen LogP contribution in [-0.2, 0) is 0 Å². The van der Waals surface area contributed by atoms with Gasteiger partial charge in [0.05, 0.1) is 0 Å². The van der Waals surface area contributed by atoms with Crippen LogP contribution >= 0.6 is 0 Å². The van der Waals surface area contributed by atoms with Gasteiger partial charge in [-0.15, -0.1) is 0 Å². The Hall–Kier alpha value is 0.779. The zero-order valence-electron chi connectivity index (χ0n) is 5.20. The first-order valence-electron chi connectivity index (χ1n) is 3.32. The van der Waals surface area contributed by atoms with Crippen molar-refractivity contribution < 1.29 is 0 Å². The van der Waals surface area contributed by atoms with Crippen molar-refractivity contribution in [3.63, 3.8) is 0 Å². The van der Waals surface area contributed by atoms with Crippen molar-refractivity contribution in [2.24, 2.45) is 0 Å². The molecular weight excluding hydrogens is 242 g/mol. The van der Waals surface area contributed by atoms with E-state index in [0.717, 1.165) is 43.9 Å². The van der Waals surface area contributed by atoms with Crippen LogP contribution in [0.15, 0.2) is 12.2 Å². The molecule has 2 saturated heterocycles. The Kier molecular flexibility index (Phi) is 0.820. The van der Waals surface area contributed by atoms with Crippen LogP contribution < -0.4 is 0 Å². The zero-order valence-corrected chi connectivity index (χ0v) is 8.63. The molecule has 1 aliphatic carbocycles. The number of hydrogen-bond donors (Lipinski definition) is 0. The predicted octanol–water partition coefficient (Wildman–Crippen LogP) is 1.54. The summed E-state index contributed by atoms with van der Waals surface area (Å²) in [7, 11) is 0. The molecule has 0 aromatic rings. The van der Waals surface area contributed by atoms with Gasteiger partial charge in [0, 0.05) is 0 Å². The molecule has 0 bridgehead atoms. The molecule has 4 unspecified atom stereocenters. The van der Waals surface area contributed by atoms with E-state index < -0.39 is 0 Å². The minimum absolute atomic E-state index is 0.881. The molecule has 3 rings (SSSR count). The van der Waals surface area contributed by atoms with E-state index in [2.05, 4.69) is 19.1 Å². The molecule has 2 heteroatoms. The van der Waals surface area contributed by atoms with Crippen molar-refractivity contribution in [3.05, 3.63) is 12.2 Å². The van der Waals surface area contributed by atoms with Crippen LogP contribution in [0.2, 0.25) is 18.8 Å². The fourth-order valence-corrected chi connectivity index (χ4v) is 8.71. The molecule has 0 nitrogen and oxygen atoms in total. The molecule has 2 heterocycles. The van der Waals surface area contributed by atoms with Gasteiger partial charge in [-0.1, -0.05) is 0 Å². The first-order valence-corrected chi connectivity index (χ1v) is 7.15. The van der Waals surface area contributed by atoms with E-state index in [0.29, 0.717) is 0 Å². The molecule has 2 aliphatic heterocycles. The van der Waals surface area contributed by atoms with Crippen LogP contribution in [0, 0.1) is 0 Å². The molecule has 0 N–H and O–H groups in total. The monoisotopic (exact) mass is 252 g/mol. The maximum absolute atomic E-state index is 2.51. The van der Waals surface area contributed by atoms with E-state index in [1.54, 1.807) is 0 Å². The van der Waals surface area contributed by atoms with Crippen LogP contribution in [0.5, 0.6) is 0 Å². The zero-order chi connectivity index (χ0) is 6.06. The quantitative estimate of drug-likeness (QED) is 0.452. The van der Waals surface area contributed by atoms with Gasteiger partial charge in [-0.05, 0) is 0 Å². The minimum atomic E-state index is 0.881. The maximum atomic E-state index is 2.51. The molecule has 9 heavy (non-hydrogen) atoms. The molecule has 0 amide bonds. The molecule has 0 radical (unpaired) electrons. The molecule has 0 aromatic heterocycles. The fourth-order valence-electron chi connectivity index (χ4n) is 1.64. The molecule has 0 aromatic carbocycles. The van der Waals surface area contributed by atoms with E-state index in [1.807, 2.05) is 0 Å². The Morgan fingerprint density at radius 3 is 3.11 bits per heavy atom. The van der Waals surface area contributed by atoms with E-state index in [4.69, 9.17) is 0 Å². The molecule has 3 aliphatic rings. The van der Waals surface area contributed by atoms with Crippen LogP contribution in [0.4, 0.5) is 0 Å². The van der Waals surface area contributed by atoms with E-state index in [-0.39, 0.29) is 0 Å². The number of rotatable bonds is 0. The number of hydrogen-bond acceptors (Lipinski definition) is 0. The molecule has 48 valence electrons. The number of fused-ring (bicyclic) bond motifs is 3. The fraction of sp³-hybridized carbons (Fsp3) is 0.714. The third-order valence-corrected chi connectivity index (χ3v) is 9.86. The Bertz CT molecular complexity index is 199. The summed E-state index contributed by atoms with van der Waals surface area (Å²) in [5, 5.41) is 0. The van der Waals surface area contributed by atoms with Gasteiger partial charge in [-0.25, -0.2) is 0 Å². The van der Waals surface area contributed by atoms with Crippen molar-refractivity contribution in [1.82, 2.24) is 0 Å². The van der Waals surface area contributed by atoms with Gasteiger partial charge in [-0.2, -0.15) is 0 Å². The molecule has 2 fully saturated rings. The average molecular weight is 250 g/mol. The average Bonchev–Trinajstić information content (AvgIpc) is 2.52. The van der Waals surface area contributed by atoms with E-state index in [9.17, 15) is 0 Å². The second-order valence-electron chi connectivity index (χ2n) is 3.13. The first-order chi connectivity index (χ1) is 4.31. The van der Waals surface area contributed by atoms with Gasteiger partial charge >= 0.3 is 67.8 Å². The number of allylic oxidation sites excluding steroid dienone is 2. The van der Waals surface area contributed by atoms with Gasteiger partial charge in [0.2, 0.25) is 0 Å². The van der Waals surface area contributed by atoms with Gasteiger partial charge in [0.25, 0.3) is 0 Å². The molecular formula is C7H8Se2. The van der Waals surface area contributed by atoms with E-state index in [1.165, 1.54) is 4.82 Å². The summed E-state index contributed by atoms with van der Waals surface area (Å²) in [6.07, 6.45) is 4.99. The standard InChI is InChI=1S/C7H8Se2/c1-7-5(9-7)3-2-4-6(7)8-4/h2-6H,1H3. The normalized spacial score (nSPS) is 66.6. The topological polar surface area (TPSA) is 0 Å². The Morgan fingerprint density at radius 2 is 2.33 bits per heavy atom. The second-order valence-corrected chi connectivity index (χ2v) is 9.31. The van der Waals surface area contributed by atoms with Crippen molar-refractivity contribution in [2.45, 2.75) is 25.7 Å². The van der Waals surface area contributed by atoms with Crippen molar-refractivity contribution in [1.29, 1.82) is 0 Å². The van der Waals surface area contributed by atoms with Crippen molar-refractivity contribution in [2.75, 3.05) is 0 Å². The summed E-state index contributed by atoms with van der Waals surface area (Å²) >= 11 is 2.03. The summed E-state index contributed by atoms with van der Waals surface area (Å²) in [5.74, 6) is 0. The summed E-state index contributed by atoms with van der Waals surface area (Å²) in [6, 6.07) is 0. The molecule has 0 spiro atoms. The van der Waals surface area contributed by atoms with Gasteiger partial charge in [0.1, 0.15) is 0 Å². The molecule has 0 saturated carbocycles.